The number of methoxy groups -OCH3 is 2. The third-order valence-electron chi connectivity index (χ3n) is 9.79. The molecular weight excluding hydrogens is 1010 g/mol. The average Bonchev–Trinajstić information content (AvgIpc) is 4.13. The maximum atomic E-state index is 14.9. The maximum absolute atomic E-state index is 14.9. The summed E-state index contributed by atoms with van der Waals surface area (Å²) in [5, 5.41) is 54.5. The number of nitrogen functional groups attached to an aromatic ring is 1. The van der Waals surface area contributed by atoms with Crippen LogP contribution in [0.25, 0.3) is 17.8 Å². The van der Waals surface area contributed by atoms with E-state index in [0.29, 0.717) is 45.1 Å². The number of halogens is 4. The molecule has 1 aliphatic rings. The molecule has 23 heteroatoms. The summed E-state index contributed by atoms with van der Waals surface area (Å²) in [6, 6.07) is 30.6. The lowest BCUT2D eigenvalue weighted by atomic mass is 10.2. The highest BCUT2D eigenvalue weighted by Crippen LogP contribution is 2.34. The van der Waals surface area contributed by atoms with Gasteiger partial charge in [0.1, 0.15) is 17.3 Å². The highest BCUT2D eigenvalue weighted by atomic mass is 35.5. The minimum Gasteiger partial charge on any atom is -0.481 e. The number of carboxylic acids is 1. The summed E-state index contributed by atoms with van der Waals surface area (Å²) >= 11 is 12.5. The Kier molecular flexibility index (Phi) is 21.5. The summed E-state index contributed by atoms with van der Waals surface area (Å²) in [7, 11) is 3.28. The molecule has 0 bridgehead atoms. The number of rotatable bonds is 13. The van der Waals surface area contributed by atoms with Gasteiger partial charge in [-0.2, -0.15) is 31.0 Å². The van der Waals surface area contributed by atoms with E-state index in [-0.39, 0.29) is 57.4 Å². The number of nitriles is 4. The van der Waals surface area contributed by atoms with Crippen molar-refractivity contribution < 1.29 is 32.9 Å². The van der Waals surface area contributed by atoms with E-state index in [0.717, 1.165) is 19.8 Å². The number of carbonyl (C=O) groups is 1. The Morgan fingerprint density at radius 2 is 1.16 bits per heavy atom. The van der Waals surface area contributed by atoms with E-state index in [1.165, 1.54) is 48.7 Å². The number of aromatic nitrogens is 5. The lowest BCUT2D eigenvalue weighted by molar-refractivity contribution is -0.185. The van der Waals surface area contributed by atoms with E-state index >= 15 is 0 Å². The Bertz CT molecular complexity index is 3240. The second-order valence-electron chi connectivity index (χ2n) is 15.1. The fraction of sp³-hybridized carbons (Fsp3) is 0.135. The van der Waals surface area contributed by atoms with Crippen molar-refractivity contribution in [2.45, 2.75) is 32.3 Å². The minimum atomic E-state index is -0.833. The molecule has 1 fully saturated rings. The highest BCUT2D eigenvalue weighted by Gasteiger charge is 2.24. The molecule has 4 aromatic carbocycles. The van der Waals surface area contributed by atoms with Crippen LogP contribution < -0.4 is 27.0 Å². The molecule has 75 heavy (non-hydrogen) atoms. The first kappa shape index (κ1) is 56.5. The van der Waals surface area contributed by atoms with E-state index < -0.39 is 17.6 Å². The van der Waals surface area contributed by atoms with Crippen molar-refractivity contribution in [1.82, 2.24) is 24.5 Å². The SMILES string of the molecule is CC(=O)O.COC1CCC(OC)O1.N#C/C=C/c1cc(F)c(Nc2nc(Nc3ccc(C#N)cc3)ncc2-n2cccc2)c(Cl)c1.N#C/C=C/c1cc(F)c(Nc2nc(Nc3ccc(C#N)cc3)ncc2N)c(Cl)c1. The zero-order valence-electron chi connectivity index (χ0n) is 40.0. The Balaban J connectivity index is 0.000000225. The van der Waals surface area contributed by atoms with Crippen LogP contribution in [0.1, 0.15) is 42.0 Å². The van der Waals surface area contributed by atoms with Crippen LogP contribution in [0.5, 0.6) is 0 Å². The monoisotopic (exact) mass is 1050 g/mol. The van der Waals surface area contributed by atoms with Gasteiger partial charge in [-0.1, -0.05) is 23.2 Å². The van der Waals surface area contributed by atoms with Gasteiger partial charge in [0, 0.05) is 69.9 Å². The molecule has 1 aliphatic heterocycles. The van der Waals surface area contributed by atoms with Crippen LogP contribution in [0.2, 0.25) is 10.0 Å². The van der Waals surface area contributed by atoms with E-state index in [9.17, 15) is 8.78 Å². The van der Waals surface area contributed by atoms with Crippen molar-refractivity contribution in [1.29, 1.82) is 21.0 Å². The van der Waals surface area contributed by atoms with Crippen LogP contribution in [-0.2, 0) is 19.0 Å². The molecule has 0 radical (unpaired) electrons. The van der Waals surface area contributed by atoms with Crippen molar-refractivity contribution >= 4 is 93.3 Å². The number of nitrogens with two attached hydrogens (primary N) is 1. The van der Waals surface area contributed by atoms with Gasteiger partial charge >= 0.3 is 0 Å². The fourth-order valence-corrected chi connectivity index (χ4v) is 6.85. The number of hydrogen-bond acceptors (Lipinski definition) is 17. The molecule has 0 saturated carbocycles. The number of aliphatic carboxylic acids is 1. The Morgan fingerprint density at radius 3 is 1.56 bits per heavy atom. The minimum absolute atomic E-state index is 0.00417. The number of nitrogens with zero attached hydrogens (tertiary/aromatic N) is 9. The first-order chi connectivity index (χ1) is 36.2. The summed E-state index contributed by atoms with van der Waals surface area (Å²) in [4.78, 5) is 26.2. The number of benzene rings is 4. The second kappa shape index (κ2) is 28.6. The second-order valence-corrected chi connectivity index (χ2v) is 15.9. The van der Waals surface area contributed by atoms with Crippen LogP contribution in [0, 0.1) is 57.0 Å². The standard InChI is InChI=1S/C24H15ClFN7.C20H13ClFN7.C6H12O3.C2H4O2/c25-19-12-17(4-3-9-27)13-20(26)22(19)31-23-21(33-10-1-2-11-33)15-29-24(32-23)30-18-7-5-16(14-28)6-8-18;21-15-8-13(2-1-7-23)9-16(22)18(15)28-19-17(25)11-26-20(29-19)27-14-5-3-12(10-24)4-6-14;1-7-5-3-4-6(8-2)9-5;1-2(3)4/h1-8,10-13,15H,(H2,29,30,31,32);1-6,8-9,11H,25H2,(H2,26,27,28,29);5-6H,3-4H2,1-2H3;1H3,(H,3,4)/b4-3+;2-1+;;. The van der Waals surface area contributed by atoms with Gasteiger partial charge < -0.3 is 50.9 Å². The topological polar surface area (TPSA) is 291 Å². The summed E-state index contributed by atoms with van der Waals surface area (Å²) in [6.45, 7) is 1.08. The van der Waals surface area contributed by atoms with E-state index in [1.54, 1.807) is 79.6 Å². The molecular formula is C52H44Cl2F2N14O5. The first-order valence-corrected chi connectivity index (χ1v) is 22.6. The molecule has 4 heterocycles. The number of allylic oxidation sites excluding steroid dienone is 2. The van der Waals surface area contributed by atoms with Gasteiger partial charge in [0.25, 0.3) is 5.97 Å². The lowest BCUT2D eigenvalue weighted by Gasteiger charge is -2.15. The average molecular weight is 1050 g/mol. The molecule has 3 aromatic heterocycles. The molecule has 7 N–H and O–H groups in total. The van der Waals surface area contributed by atoms with Crippen molar-refractivity contribution in [2.24, 2.45) is 0 Å². The molecule has 0 spiro atoms. The van der Waals surface area contributed by atoms with Crippen LogP contribution >= 0.6 is 23.2 Å². The van der Waals surface area contributed by atoms with Gasteiger partial charge in [-0.15, -0.1) is 0 Å². The number of anilines is 9. The quantitative estimate of drug-likeness (QED) is 0.0585. The van der Waals surface area contributed by atoms with Gasteiger partial charge in [-0.05, 0) is 108 Å². The Hall–Kier alpha value is -9.45. The molecule has 2 atom stereocenters. The number of hydrogen-bond donors (Lipinski definition) is 6. The molecule has 19 nitrogen and oxygen atoms in total. The van der Waals surface area contributed by atoms with Crippen LogP contribution in [-0.4, -0.2) is 62.4 Å². The molecule has 7 aromatic rings. The van der Waals surface area contributed by atoms with E-state index in [4.69, 9.17) is 74.1 Å². The summed E-state index contributed by atoms with van der Waals surface area (Å²) in [5.41, 5.74) is 10.0. The third kappa shape index (κ3) is 17.4. The number of nitrogens with one attached hydrogen (secondary N) is 4. The third-order valence-corrected chi connectivity index (χ3v) is 10.4. The van der Waals surface area contributed by atoms with Crippen molar-refractivity contribution in [3.8, 4) is 30.0 Å². The zero-order chi connectivity index (χ0) is 54.3. The highest BCUT2D eigenvalue weighted by molar-refractivity contribution is 6.34. The first-order valence-electron chi connectivity index (χ1n) is 21.9. The van der Waals surface area contributed by atoms with Crippen molar-refractivity contribution in [3.63, 3.8) is 0 Å². The normalized spacial score (nSPS) is 13.2. The van der Waals surface area contributed by atoms with Crippen molar-refractivity contribution in [3.05, 3.63) is 166 Å². The maximum Gasteiger partial charge on any atom is 0.300 e. The molecule has 8 rings (SSSR count). The van der Waals surface area contributed by atoms with Gasteiger partial charge in [0.15, 0.2) is 24.2 Å². The molecule has 0 aliphatic carbocycles. The molecule has 380 valence electrons. The van der Waals surface area contributed by atoms with Gasteiger partial charge in [-0.3, -0.25) is 4.79 Å². The predicted molar refractivity (Wildman–Crippen MR) is 281 cm³/mol. The van der Waals surface area contributed by atoms with Crippen molar-refractivity contribution in [2.75, 3.05) is 41.2 Å². The van der Waals surface area contributed by atoms with Gasteiger partial charge in [0.05, 0.1) is 74.9 Å². The zero-order valence-corrected chi connectivity index (χ0v) is 41.5. The molecule has 2 unspecified atom stereocenters. The van der Waals surface area contributed by atoms with Crippen LogP contribution in [0.4, 0.5) is 60.8 Å². The Morgan fingerprint density at radius 1 is 0.733 bits per heavy atom. The largest absolute Gasteiger partial charge is 0.481 e. The van der Waals surface area contributed by atoms with Gasteiger partial charge in [0.2, 0.25) is 11.9 Å². The summed E-state index contributed by atoms with van der Waals surface area (Å²) < 4.78 is 46.2. The number of carboxylic acid groups (broad SMARTS) is 1. The summed E-state index contributed by atoms with van der Waals surface area (Å²) in [6.07, 6.45) is 13.8. The van der Waals surface area contributed by atoms with E-state index in [1.807, 2.05) is 42.7 Å². The lowest BCUT2D eigenvalue weighted by Crippen LogP contribution is -2.13. The predicted octanol–water partition coefficient (Wildman–Crippen LogP) is 11.5. The van der Waals surface area contributed by atoms with Crippen LogP contribution in [0.3, 0.4) is 0 Å². The Labute approximate surface area is 439 Å². The molecule has 0 amide bonds. The van der Waals surface area contributed by atoms with Gasteiger partial charge in [-0.25, -0.2) is 18.7 Å². The summed E-state index contributed by atoms with van der Waals surface area (Å²) in [5.74, 6) is -1.09. The smallest absolute Gasteiger partial charge is 0.300 e. The van der Waals surface area contributed by atoms with E-state index in [2.05, 4.69) is 47.3 Å². The fourth-order valence-electron chi connectivity index (χ4n) is 6.32. The molecule has 1 saturated heterocycles. The van der Waals surface area contributed by atoms with Crippen LogP contribution in [0.15, 0.2) is 122 Å². The number of ether oxygens (including phenoxy) is 3.